The van der Waals surface area contributed by atoms with Crippen LogP contribution in [-0.2, 0) is 24.5 Å². The van der Waals surface area contributed by atoms with Crippen LogP contribution in [0.2, 0.25) is 0 Å². The maximum Gasteiger partial charge on any atom is 0.410 e. The van der Waals surface area contributed by atoms with Gasteiger partial charge in [0, 0.05) is 13.1 Å². The maximum absolute atomic E-state index is 12.6. The highest BCUT2D eigenvalue weighted by molar-refractivity contribution is 7.86. The Hall–Kier alpha value is -2.38. The minimum absolute atomic E-state index is 0.0491. The second-order valence-corrected chi connectivity index (χ2v) is 10.1. The fourth-order valence-corrected chi connectivity index (χ4v) is 4.24. The molecule has 0 spiro atoms. The summed E-state index contributed by atoms with van der Waals surface area (Å²) in [5, 5.41) is 0. The fraction of sp³-hybridized carbons (Fsp3) is 0.409. The van der Waals surface area contributed by atoms with Crippen LogP contribution in [0, 0.1) is 6.92 Å². The molecule has 3 rings (SSSR count). The molecule has 2 aromatic carbocycles. The van der Waals surface area contributed by atoms with Crippen molar-refractivity contribution in [3.8, 4) is 0 Å². The molecule has 1 amide bonds. The lowest BCUT2D eigenvalue weighted by Crippen LogP contribution is -2.64. The lowest BCUT2D eigenvalue weighted by atomic mass is 9.74. The zero-order valence-electron chi connectivity index (χ0n) is 17.2. The van der Waals surface area contributed by atoms with E-state index in [1.807, 2.05) is 58.0 Å². The van der Waals surface area contributed by atoms with Gasteiger partial charge in [-0.2, -0.15) is 8.42 Å². The summed E-state index contributed by atoms with van der Waals surface area (Å²) in [6, 6.07) is 16.1. The summed E-state index contributed by atoms with van der Waals surface area (Å²) >= 11 is 0. The molecule has 0 bridgehead atoms. The number of hydrogen-bond donors (Lipinski definition) is 0. The van der Waals surface area contributed by atoms with Crippen LogP contribution >= 0.6 is 0 Å². The van der Waals surface area contributed by atoms with Crippen molar-refractivity contribution in [2.75, 3.05) is 19.7 Å². The molecule has 156 valence electrons. The lowest BCUT2D eigenvalue weighted by molar-refractivity contribution is -0.0193. The molecule has 1 aliphatic rings. The normalized spacial score (nSPS) is 16.2. The first-order chi connectivity index (χ1) is 13.5. The number of nitrogens with zero attached hydrogens (tertiary/aromatic N) is 1. The number of amides is 1. The Morgan fingerprint density at radius 2 is 1.62 bits per heavy atom. The zero-order chi connectivity index (χ0) is 21.3. The van der Waals surface area contributed by atoms with Gasteiger partial charge < -0.3 is 9.64 Å². The van der Waals surface area contributed by atoms with Crippen molar-refractivity contribution in [1.29, 1.82) is 0 Å². The third kappa shape index (κ3) is 4.97. The molecular formula is C22H27NO5S. The smallest absolute Gasteiger partial charge is 0.410 e. The topological polar surface area (TPSA) is 72.9 Å². The molecule has 7 heteroatoms. The van der Waals surface area contributed by atoms with Crippen molar-refractivity contribution in [3.05, 3.63) is 65.7 Å². The molecule has 0 atom stereocenters. The molecule has 1 aliphatic heterocycles. The number of carbonyl (C=O) groups excluding carboxylic acids is 1. The van der Waals surface area contributed by atoms with Crippen LogP contribution in [0.4, 0.5) is 4.79 Å². The van der Waals surface area contributed by atoms with Crippen LogP contribution in [0.5, 0.6) is 0 Å². The summed E-state index contributed by atoms with van der Waals surface area (Å²) in [7, 11) is -3.90. The van der Waals surface area contributed by atoms with Gasteiger partial charge >= 0.3 is 6.09 Å². The molecule has 0 radical (unpaired) electrons. The summed E-state index contributed by atoms with van der Waals surface area (Å²) in [5.74, 6) is 0. The molecule has 0 saturated carbocycles. The number of aryl methyl sites for hydroxylation is 1. The summed E-state index contributed by atoms with van der Waals surface area (Å²) in [6.45, 7) is 7.93. The highest BCUT2D eigenvalue weighted by Gasteiger charge is 2.49. The highest BCUT2D eigenvalue weighted by atomic mass is 32.2. The van der Waals surface area contributed by atoms with Gasteiger partial charge in [-0.25, -0.2) is 4.79 Å². The maximum atomic E-state index is 12.6. The molecule has 1 fully saturated rings. The molecule has 29 heavy (non-hydrogen) atoms. The van der Waals surface area contributed by atoms with E-state index >= 15 is 0 Å². The van der Waals surface area contributed by atoms with Crippen molar-refractivity contribution in [1.82, 2.24) is 4.90 Å². The number of likely N-dealkylation sites (tertiary alicyclic amines) is 1. The zero-order valence-corrected chi connectivity index (χ0v) is 18.0. The second kappa shape index (κ2) is 7.80. The van der Waals surface area contributed by atoms with Crippen LogP contribution in [0.15, 0.2) is 59.5 Å². The number of benzene rings is 2. The molecule has 1 heterocycles. The average Bonchev–Trinajstić information content (AvgIpc) is 2.60. The standard InChI is InChI=1S/C22H27NO5S/c1-17-10-12-19(13-11-17)29(25,26)27-16-22(18-8-6-5-7-9-18)14-23(15-22)20(24)28-21(2,3)4/h5-13H,14-16H2,1-4H3. The third-order valence-corrected chi connectivity index (χ3v) is 6.10. The molecule has 2 aromatic rings. The van der Waals surface area contributed by atoms with Gasteiger partial charge in [0.05, 0.1) is 16.9 Å². The Bertz CT molecular complexity index is 957. The number of hydrogen-bond acceptors (Lipinski definition) is 5. The molecule has 0 aromatic heterocycles. The van der Waals surface area contributed by atoms with E-state index in [9.17, 15) is 13.2 Å². The number of rotatable bonds is 5. The van der Waals surface area contributed by atoms with Crippen molar-refractivity contribution in [2.24, 2.45) is 0 Å². The number of ether oxygens (including phenoxy) is 1. The fourth-order valence-electron chi connectivity index (χ4n) is 3.25. The second-order valence-electron chi connectivity index (χ2n) is 8.51. The van der Waals surface area contributed by atoms with E-state index in [1.54, 1.807) is 17.0 Å². The first-order valence-electron chi connectivity index (χ1n) is 9.50. The van der Waals surface area contributed by atoms with E-state index in [4.69, 9.17) is 8.92 Å². The van der Waals surface area contributed by atoms with Crippen LogP contribution in [0.1, 0.15) is 31.9 Å². The Balaban J connectivity index is 1.76. The van der Waals surface area contributed by atoms with E-state index < -0.39 is 27.2 Å². The molecule has 1 saturated heterocycles. The van der Waals surface area contributed by atoms with Crippen molar-refractivity contribution < 1.29 is 22.1 Å². The Morgan fingerprint density at radius 1 is 1.03 bits per heavy atom. The van der Waals surface area contributed by atoms with Crippen molar-refractivity contribution >= 4 is 16.2 Å². The van der Waals surface area contributed by atoms with Gasteiger partial charge in [-0.05, 0) is 45.4 Å². The summed E-state index contributed by atoms with van der Waals surface area (Å²) < 4.78 is 36.1. The summed E-state index contributed by atoms with van der Waals surface area (Å²) in [6.07, 6.45) is -0.412. The first kappa shape index (κ1) is 21.3. The largest absolute Gasteiger partial charge is 0.444 e. The van der Waals surface area contributed by atoms with Crippen LogP contribution < -0.4 is 0 Å². The van der Waals surface area contributed by atoms with E-state index in [2.05, 4.69) is 0 Å². The molecule has 0 aliphatic carbocycles. The van der Waals surface area contributed by atoms with Gasteiger partial charge in [0.2, 0.25) is 0 Å². The first-order valence-corrected chi connectivity index (χ1v) is 10.9. The van der Waals surface area contributed by atoms with Crippen molar-refractivity contribution in [2.45, 2.75) is 43.6 Å². The van der Waals surface area contributed by atoms with Crippen LogP contribution in [0.25, 0.3) is 0 Å². The number of carbonyl (C=O) groups is 1. The molecule has 0 N–H and O–H groups in total. The molecular weight excluding hydrogens is 390 g/mol. The van der Waals surface area contributed by atoms with Gasteiger partial charge in [0.25, 0.3) is 10.1 Å². The highest BCUT2D eigenvalue weighted by Crippen LogP contribution is 2.36. The van der Waals surface area contributed by atoms with E-state index in [1.165, 1.54) is 12.1 Å². The Labute approximate surface area is 172 Å². The minimum atomic E-state index is -3.90. The van der Waals surface area contributed by atoms with Crippen molar-refractivity contribution in [3.63, 3.8) is 0 Å². The van der Waals surface area contributed by atoms with Crippen LogP contribution in [-0.4, -0.2) is 44.7 Å². The molecule has 0 unspecified atom stereocenters. The predicted molar refractivity (Wildman–Crippen MR) is 110 cm³/mol. The van der Waals surface area contributed by atoms with E-state index in [0.717, 1.165) is 11.1 Å². The SMILES string of the molecule is Cc1ccc(S(=O)(=O)OCC2(c3ccccc3)CN(C(=O)OC(C)(C)C)C2)cc1. The van der Waals surface area contributed by atoms with Gasteiger partial charge in [0.1, 0.15) is 5.60 Å². The van der Waals surface area contributed by atoms with Gasteiger partial charge in [-0.1, -0.05) is 48.0 Å². The van der Waals surface area contributed by atoms with Gasteiger partial charge in [-0.3, -0.25) is 4.18 Å². The summed E-state index contributed by atoms with van der Waals surface area (Å²) in [4.78, 5) is 14.0. The Kier molecular flexibility index (Phi) is 5.74. The minimum Gasteiger partial charge on any atom is -0.444 e. The quantitative estimate of drug-likeness (QED) is 0.690. The van der Waals surface area contributed by atoms with E-state index in [-0.39, 0.29) is 11.5 Å². The predicted octanol–water partition coefficient (Wildman–Crippen LogP) is 3.89. The van der Waals surface area contributed by atoms with Crippen LogP contribution in [0.3, 0.4) is 0 Å². The Morgan fingerprint density at radius 3 is 2.17 bits per heavy atom. The summed E-state index contributed by atoms with van der Waals surface area (Å²) in [5.41, 5.74) is 0.708. The average molecular weight is 418 g/mol. The van der Waals surface area contributed by atoms with E-state index in [0.29, 0.717) is 13.1 Å². The third-order valence-electron chi connectivity index (χ3n) is 4.82. The lowest BCUT2D eigenvalue weighted by Gasteiger charge is -2.49. The van der Waals surface area contributed by atoms with Gasteiger partial charge in [-0.15, -0.1) is 0 Å². The molecule has 6 nitrogen and oxygen atoms in total. The monoisotopic (exact) mass is 417 g/mol. The van der Waals surface area contributed by atoms with Gasteiger partial charge in [0.15, 0.2) is 0 Å².